The van der Waals surface area contributed by atoms with Gasteiger partial charge in [0.2, 0.25) is 5.91 Å². The van der Waals surface area contributed by atoms with Gasteiger partial charge in [0, 0.05) is 12.3 Å². The normalized spacial score (nSPS) is 15.0. The summed E-state index contributed by atoms with van der Waals surface area (Å²) in [5.41, 5.74) is 2.04. The van der Waals surface area contributed by atoms with Gasteiger partial charge in [-0.2, -0.15) is 13.2 Å². The summed E-state index contributed by atoms with van der Waals surface area (Å²) < 4.78 is 36.9. The van der Waals surface area contributed by atoms with Gasteiger partial charge in [-0.05, 0) is 6.92 Å². The van der Waals surface area contributed by atoms with Crippen molar-refractivity contribution in [1.82, 2.24) is 5.32 Å². The molecule has 0 bridgehead atoms. The highest BCUT2D eigenvalue weighted by Gasteiger charge is 2.53. The van der Waals surface area contributed by atoms with E-state index in [2.05, 4.69) is 11.2 Å². The zero-order valence-electron chi connectivity index (χ0n) is 8.73. The zero-order chi connectivity index (χ0) is 12.8. The Kier molecular flexibility index (Phi) is 5.68. The van der Waals surface area contributed by atoms with Crippen LogP contribution < -0.4 is 11.1 Å². The first-order valence-corrected chi connectivity index (χ1v) is 5.54. The molecule has 0 spiro atoms. The number of carbonyl (C=O) groups is 1. The van der Waals surface area contributed by atoms with E-state index in [0.717, 1.165) is 0 Å². The first kappa shape index (κ1) is 15.1. The SMILES string of the molecule is C#CCSCCNC(=O)C(C)(N)C(F)(F)F. The summed E-state index contributed by atoms with van der Waals surface area (Å²) in [4.78, 5) is 11.1. The Morgan fingerprint density at radius 1 is 1.56 bits per heavy atom. The van der Waals surface area contributed by atoms with E-state index in [1.165, 1.54) is 11.8 Å². The van der Waals surface area contributed by atoms with Crippen molar-refractivity contribution >= 4 is 17.7 Å². The average molecular weight is 254 g/mol. The van der Waals surface area contributed by atoms with E-state index in [0.29, 0.717) is 18.4 Å². The van der Waals surface area contributed by atoms with Crippen LogP contribution >= 0.6 is 11.8 Å². The predicted molar refractivity (Wildman–Crippen MR) is 57.8 cm³/mol. The topological polar surface area (TPSA) is 55.1 Å². The number of hydrogen-bond donors (Lipinski definition) is 2. The average Bonchev–Trinajstić information content (AvgIpc) is 2.15. The Morgan fingerprint density at radius 2 is 2.12 bits per heavy atom. The van der Waals surface area contributed by atoms with Crippen molar-refractivity contribution in [1.29, 1.82) is 0 Å². The van der Waals surface area contributed by atoms with Crippen LogP contribution in [0.5, 0.6) is 0 Å². The van der Waals surface area contributed by atoms with Gasteiger partial charge in [-0.15, -0.1) is 18.2 Å². The van der Waals surface area contributed by atoms with Gasteiger partial charge in [-0.3, -0.25) is 4.79 Å². The summed E-state index contributed by atoms with van der Waals surface area (Å²) in [5.74, 6) is 2.02. The van der Waals surface area contributed by atoms with Crippen LogP contribution in [0.15, 0.2) is 0 Å². The second kappa shape index (κ2) is 6.01. The molecule has 3 nitrogen and oxygen atoms in total. The third kappa shape index (κ3) is 4.33. The minimum Gasteiger partial charge on any atom is -0.353 e. The molecule has 1 unspecified atom stereocenters. The standard InChI is InChI=1S/C9H13F3N2OS/c1-3-5-16-6-4-14-7(15)8(2,13)9(10,11)12/h1H,4-6,13H2,2H3,(H,14,15). The molecule has 0 aliphatic heterocycles. The van der Waals surface area contributed by atoms with Crippen molar-refractivity contribution in [2.75, 3.05) is 18.1 Å². The fourth-order valence-corrected chi connectivity index (χ4v) is 1.19. The minimum atomic E-state index is -4.76. The van der Waals surface area contributed by atoms with Crippen molar-refractivity contribution in [3.8, 4) is 12.3 Å². The smallest absolute Gasteiger partial charge is 0.353 e. The monoisotopic (exact) mass is 254 g/mol. The number of hydrogen-bond acceptors (Lipinski definition) is 3. The lowest BCUT2D eigenvalue weighted by atomic mass is 10.0. The molecule has 0 aliphatic rings. The fraction of sp³-hybridized carbons (Fsp3) is 0.667. The highest BCUT2D eigenvalue weighted by Crippen LogP contribution is 2.27. The van der Waals surface area contributed by atoms with Gasteiger partial charge >= 0.3 is 6.18 Å². The maximum atomic E-state index is 12.3. The lowest BCUT2D eigenvalue weighted by Crippen LogP contribution is -2.61. The molecule has 0 heterocycles. The van der Waals surface area contributed by atoms with Crippen LogP contribution in [0, 0.1) is 12.3 Å². The van der Waals surface area contributed by atoms with E-state index in [9.17, 15) is 18.0 Å². The molecule has 92 valence electrons. The number of carbonyl (C=O) groups excluding carboxylic acids is 1. The van der Waals surface area contributed by atoms with Crippen molar-refractivity contribution in [2.45, 2.75) is 18.6 Å². The Labute approximate surface area is 96.3 Å². The first-order chi connectivity index (χ1) is 7.23. The molecule has 1 atom stereocenters. The molecule has 0 saturated heterocycles. The Morgan fingerprint density at radius 3 is 2.56 bits per heavy atom. The quantitative estimate of drug-likeness (QED) is 0.562. The first-order valence-electron chi connectivity index (χ1n) is 4.38. The number of rotatable bonds is 5. The summed E-state index contributed by atoms with van der Waals surface area (Å²) in [6.45, 7) is 0.741. The second-order valence-corrected chi connectivity index (χ2v) is 4.32. The maximum absolute atomic E-state index is 12.3. The second-order valence-electron chi connectivity index (χ2n) is 3.21. The van der Waals surface area contributed by atoms with Gasteiger partial charge in [-0.1, -0.05) is 5.92 Å². The van der Waals surface area contributed by atoms with Crippen LogP contribution in [-0.4, -0.2) is 35.7 Å². The highest BCUT2D eigenvalue weighted by atomic mass is 32.2. The van der Waals surface area contributed by atoms with E-state index < -0.39 is 17.6 Å². The molecule has 16 heavy (non-hydrogen) atoms. The molecule has 0 aromatic heterocycles. The highest BCUT2D eigenvalue weighted by molar-refractivity contribution is 7.99. The molecule has 7 heteroatoms. The van der Waals surface area contributed by atoms with Gasteiger partial charge < -0.3 is 11.1 Å². The zero-order valence-corrected chi connectivity index (χ0v) is 9.54. The Bertz CT molecular complexity index is 283. The van der Waals surface area contributed by atoms with E-state index in [-0.39, 0.29) is 6.54 Å². The number of nitrogens with one attached hydrogen (secondary N) is 1. The third-order valence-corrected chi connectivity index (χ3v) is 2.64. The summed E-state index contributed by atoms with van der Waals surface area (Å²) in [6, 6.07) is 0. The summed E-state index contributed by atoms with van der Waals surface area (Å²) in [5, 5.41) is 2.12. The molecular formula is C9H13F3N2OS. The van der Waals surface area contributed by atoms with E-state index >= 15 is 0 Å². The number of halogens is 3. The van der Waals surface area contributed by atoms with Gasteiger partial charge in [0.15, 0.2) is 5.54 Å². The minimum absolute atomic E-state index is 0.105. The molecule has 0 saturated carbocycles. The third-order valence-electron chi connectivity index (χ3n) is 1.78. The van der Waals surface area contributed by atoms with Crippen LogP contribution in [0.25, 0.3) is 0 Å². The van der Waals surface area contributed by atoms with E-state index in [1.807, 2.05) is 0 Å². The Hall–Kier alpha value is -0.870. The summed E-state index contributed by atoms with van der Waals surface area (Å²) in [6.07, 6.45) is 0.209. The summed E-state index contributed by atoms with van der Waals surface area (Å²) in [7, 11) is 0. The molecule has 0 aromatic rings. The van der Waals surface area contributed by atoms with Crippen molar-refractivity contribution in [3.05, 3.63) is 0 Å². The van der Waals surface area contributed by atoms with Crippen molar-refractivity contribution < 1.29 is 18.0 Å². The molecule has 0 aliphatic carbocycles. The molecule has 0 fully saturated rings. The lowest BCUT2D eigenvalue weighted by Gasteiger charge is -2.26. The van der Waals surface area contributed by atoms with Crippen LogP contribution in [0.3, 0.4) is 0 Å². The number of terminal acetylenes is 1. The number of amides is 1. The van der Waals surface area contributed by atoms with Gasteiger partial charge in [0.25, 0.3) is 0 Å². The van der Waals surface area contributed by atoms with Gasteiger partial charge in [-0.25, -0.2) is 0 Å². The number of alkyl halides is 3. The molecule has 0 rings (SSSR count). The predicted octanol–water partition coefficient (Wildman–Crippen LogP) is 0.749. The van der Waals surface area contributed by atoms with Crippen molar-refractivity contribution in [2.24, 2.45) is 5.73 Å². The van der Waals surface area contributed by atoms with Crippen LogP contribution in [0.4, 0.5) is 13.2 Å². The molecule has 3 N–H and O–H groups in total. The molecule has 1 amide bonds. The van der Waals surface area contributed by atoms with Gasteiger partial charge in [0.05, 0.1) is 5.75 Å². The number of thioether (sulfide) groups is 1. The van der Waals surface area contributed by atoms with E-state index in [4.69, 9.17) is 12.2 Å². The van der Waals surface area contributed by atoms with Crippen LogP contribution in [0.2, 0.25) is 0 Å². The Balaban J connectivity index is 4.03. The molecular weight excluding hydrogens is 241 g/mol. The van der Waals surface area contributed by atoms with Crippen LogP contribution in [-0.2, 0) is 4.79 Å². The van der Waals surface area contributed by atoms with E-state index in [1.54, 1.807) is 0 Å². The van der Waals surface area contributed by atoms with Gasteiger partial charge in [0.1, 0.15) is 0 Å². The maximum Gasteiger partial charge on any atom is 0.415 e. The largest absolute Gasteiger partial charge is 0.415 e. The fourth-order valence-electron chi connectivity index (χ4n) is 0.680. The molecule has 0 aromatic carbocycles. The number of nitrogens with two attached hydrogens (primary N) is 1. The van der Waals surface area contributed by atoms with Crippen LogP contribution in [0.1, 0.15) is 6.92 Å². The summed E-state index contributed by atoms with van der Waals surface area (Å²) >= 11 is 1.34. The molecule has 0 radical (unpaired) electrons. The van der Waals surface area contributed by atoms with Crippen molar-refractivity contribution in [3.63, 3.8) is 0 Å². The lowest BCUT2D eigenvalue weighted by molar-refractivity contribution is -0.187.